The fourth-order valence-corrected chi connectivity index (χ4v) is 3.76. The fraction of sp³-hybridized carbons (Fsp3) is 0.310. The molecule has 2 amide bonds. The van der Waals surface area contributed by atoms with Crippen LogP contribution in [0.1, 0.15) is 37.5 Å². The Hall–Kier alpha value is -3.67. The van der Waals surface area contributed by atoms with Crippen LogP contribution in [0.15, 0.2) is 78.9 Å². The highest BCUT2D eigenvalue weighted by Gasteiger charge is 2.33. The summed E-state index contributed by atoms with van der Waals surface area (Å²) >= 11 is 0. The van der Waals surface area contributed by atoms with Gasteiger partial charge in [0.05, 0.1) is 0 Å². The van der Waals surface area contributed by atoms with Gasteiger partial charge in [-0.3, -0.25) is 9.59 Å². The van der Waals surface area contributed by atoms with Gasteiger partial charge in [-0.05, 0) is 51.0 Å². The van der Waals surface area contributed by atoms with Crippen molar-refractivity contribution in [1.82, 2.24) is 10.2 Å². The molecule has 0 aromatic heterocycles. The molecule has 1 N–H and O–H groups in total. The van der Waals surface area contributed by atoms with Crippen molar-refractivity contribution in [3.05, 3.63) is 101 Å². The minimum absolute atomic E-state index is 0.0578. The minimum Gasteiger partial charge on any atom is -0.484 e. The normalized spacial score (nSPS) is 12.0. The number of rotatable bonds is 9. The number of nitrogens with one attached hydrogen (secondary N) is 1. The molecule has 0 heterocycles. The number of benzene rings is 3. The van der Waals surface area contributed by atoms with Crippen LogP contribution in [0.5, 0.6) is 5.75 Å². The summed E-state index contributed by atoms with van der Waals surface area (Å²) in [5.41, 5.74) is 1.62. The Kier molecular flexibility index (Phi) is 8.63. The maximum Gasteiger partial charge on any atom is 0.261 e. The average molecular weight is 477 g/mol. The summed E-state index contributed by atoms with van der Waals surface area (Å²) in [6, 6.07) is 22.3. The van der Waals surface area contributed by atoms with Crippen molar-refractivity contribution in [2.24, 2.45) is 0 Å². The number of halogens is 1. The molecular weight excluding hydrogens is 443 g/mol. The third-order valence-electron chi connectivity index (χ3n) is 5.51. The van der Waals surface area contributed by atoms with Gasteiger partial charge in [0.25, 0.3) is 5.91 Å². The van der Waals surface area contributed by atoms with Crippen LogP contribution >= 0.6 is 0 Å². The van der Waals surface area contributed by atoms with Gasteiger partial charge >= 0.3 is 0 Å². The van der Waals surface area contributed by atoms with Crippen LogP contribution in [-0.4, -0.2) is 34.9 Å². The topological polar surface area (TPSA) is 58.6 Å². The highest BCUT2D eigenvalue weighted by Crippen LogP contribution is 2.20. The van der Waals surface area contributed by atoms with E-state index in [-0.39, 0.29) is 25.5 Å². The van der Waals surface area contributed by atoms with Crippen LogP contribution in [-0.2, 0) is 22.6 Å². The predicted octanol–water partition coefficient (Wildman–Crippen LogP) is 5.07. The molecule has 6 heteroatoms. The van der Waals surface area contributed by atoms with Crippen LogP contribution < -0.4 is 10.1 Å². The Bertz CT molecular complexity index is 1140. The molecule has 0 spiro atoms. The second-order valence-corrected chi connectivity index (χ2v) is 9.61. The van der Waals surface area contributed by atoms with Crippen LogP contribution in [0.25, 0.3) is 0 Å². The van der Waals surface area contributed by atoms with E-state index < -0.39 is 23.3 Å². The molecule has 5 nitrogen and oxygen atoms in total. The van der Waals surface area contributed by atoms with Crippen LogP contribution in [0.2, 0.25) is 0 Å². The first-order valence-corrected chi connectivity index (χ1v) is 11.7. The zero-order chi connectivity index (χ0) is 25.4. The van der Waals surface area contributed by atoms with Crippen molar-refractivity contribution >= 4 is 11.8 Å². The quantitative estimate of drug-likeness (QED) is 0.469. The highest BCUT2D eigenvalue weighted by atomic mass is 19.1. The number of para-hydroxylation sites is 1. The van der Waals surface area contributed by atoms with Gasteiger partial charge in [-0.15, -0.1) is 0 Å². The van der Waals surface area contributed by atoms with Crippen molar-refractivity contribution in [2.45, 2.75) is 52.2 Å². The maximum absolute atomic E-state index is 14.6. The summed E-state index contributed by atoms with van der Waals surface area (Å²) < 4.78 is 20.4. The van der Waals surface area contributed by atoms with Gasteiger partial charge in [-0.2, -0.15) is 0 Å². The molecular formula is C29H33FN2O3. The summed E-state index contributed by atoms with van der Waals surface area (Å²) in [5, 5.41) is 2.99. The molecule has 0 fully saturated rings. The Labute approximate surface area is 206 Å². The van der Waals surface area contributed by atoms with Gasteiger partial charge in [0, 0.05) is 24.1 Å². The zero-order valence-electron chi connectivity index (χ0n) is 20.8. The van der Waals surface area contributed by atoms with Crippen molar-refractivity contribution in [3.63, 3.8) is 0 Å². The molecule has 3 rings (SSSR count). The first-order valence-electron chi connectivity index (χ1n) is 11.7. The molecule has 35 heavy (non-hydrogen) atoms. The Morgan fingerprint density at radius 1 is 0.943 bits per heavy atom. The van der Waals surface area contributed by atoms with E-state index in [0.29, 0.717) is 11.3 Å². The molecule has 0 bridgehead atoms. The Morgan fingerprint density at radius 3 is 2.23 bits per heavy atom. The fourth-order valence-electron chi connectivity index (χ4n) is 3.76. The Morgan fingerprint density at radius 2 is 1.57 bits per heavy atom. The van der Waals surface area contributed by atoms with Crippen molar-refractivity contribution in [2.75, 3.05) is 6.61 Å². The van der Waals surface area contributed by atoms with E-state index in [2.05, 4.69) is 5.32 Å². The largest absolute Gasteiger partial charge is 0.484 e. The third-order valence-corrected chi connectivity index (χ3v) is 5.51. The highest BCUT2D eigenvalue weighted by molar-refractivity contribution is 5.89. The van der Waals surface area contributed by atoms with E-state index in [1.807, 2.05) is 76.2 Å². The molecule has 184 valence electrons. The number of carbonyl (C=O) groups excluding carboxylic acids is 2. The molecule has 0 saturated carbocycles. The number of hydrogen-bond acceptors (Lipinski definition) is 3. The van der Waals surface area contributed by atoms with E-state index >= 15 is 0 Å². The molecule has 3 aromatic rings. The van der Waals surface area contributed by atoms with Gasteiger partial charge in [0.15, 0.2) is 6.61 Å². The molecule has 0 aliphatic carbocycles. The van der Waals surface area contributed by atoms with Crippen molar-refractivity contribution in [1.29, 1.82) is 0 Å². The summed E-state index contributed by atoms with van der Waals surface area (Å²) in [6.07, 6.45) is 0.285. The second kappa shape index (κ2) is 11.6. The second-order valence-electron chi connectivity index (χ2n) is 9.61. The number of ether oxygens (including phenoxy) is 1. The van der Waals surface area contributed by atoms with Gasteiger partial charge in [-0.25, -0.2) is 4.39 Å². The lowest BCUT2D eigenvalue weighted by Gasteiger charge is -2.33. The molecule has 1 atom stereocenters. The molecule has 0 aliphatic heterocycles. The van der Waals surface area contributed by atoms with Gasteiger partial charge in [0.1, 0.15) is 17.6 Å². The molecule has 0 aliphatic rings. The summed E-state index contributed by atoms with van der Waals surface area (Å²) in [5.74, 6) is -0.548. The van der Waals surface area contributed by atoms with Gasteiger partial charge in [-0.1, -0.05) is 66.7 Å². The minimum atomic E-state index is -0.857. The summed E-state index contributed by atoms with van der Waals surface area (Å²) in [6.45, 7) is 7.22. The predicted molar refractivity (Wildman–Crippen MR) is 135 cm³/mol. The van der Waals surface area contributed by atoms with Crippen molar-refractivity contribution < 1.29 is 18.7 Å². The number of aryl methyl sites for hydroxylation is 1. The van der Waals surface area contributed by atoms with Gasteiger partial charge < -0.3 is 15.0 Å². The van der Waals surface area contributed by atoms with Crippen LogP contribution in [0.3, 0.4) is 0 Å². The SMILES string of the molecule is Cc1ccccc1OCC(=O)N(Cc1ccccc1F)[C@H](Cc1ccccc1)C(=O)NC(C)(C)C. The summed E-state index contributed by atoms with van der Waals surface area (Å²) in [4.78, 5) is 28.4. The van der Waals surface area contributed by atoms with Crippen LogP contribution in [0.4, 0.5) is 4.39 Å². The first kappa shape index (κ1) is 25.9. The van der Waals surface area contributed by atoms with E-state index in [1.165, 1.54) is 11.0 Å². The van der Waals surface area contributed by atoms with E-state index in [9.17, 15) is 14.0 Å². The molecule has 0 unspecified atom stereocenters. The summed E-state index contributed by atoms with van der Waals surface area (Å²) in [7, 11) is 0. The zero-order valence-corrected chi connectivity index (χ0v) is 20.8. The number of amides is 2. The average Bonchev–Trinajstić information content (AvgIpc) is 2.81. The monoisotopic (exact) mass is 476 g/mol. The number of carbonyl (C=O) groups is 2. The lowest BCUT2D eigenvalue weighted by atomic mass is 10.0. The van der Waals surface area contributed by atoms with E-state index in [1.54, 1.807) is 24.3 Å². The van der Waals surface area contributed by atoms with Crippen LogP contribution in [0, 0.1) is 12.7 Å². The number of hydrogen-bond donors (Lipinski definition) is 1. The molecule has 0 radical (unpaired) electrons. The smallest absolute Gasteiger partial charge is 0.261 e. The maximum atomic E-state index is 14.6. The van der Waals surface area contributed by atoms with E-state index in [0.717, 1.165) is 11.1 Å². The molecule has 0 saturated heterocycles. The standard InChI is InChI=1S/C29H33FN2O3/c1-21-12-8-11-17-26(21)35-20-27(33)32(19-23-15-9-10-16-24(23)30)25(28(34)31-29(2,3)4)18-22-13-6-5-7-14-22/h5-17,25H,18-20H2,1-4H3,(H,31,34)/t25-/m1/s1. The Balaban J connectivity index is 1.95. The lowest BCUT2D eigenvalue weighted by molar-refractivity contribution is -0.143. The van der Waals surface area contributed by atoms with Crippen molar-refractivity contribution in [3.8, 4) is 5.75 Å². The number of nitrogens with zero attached hydrogens (tertiary/aromatic N) is 1. The van der Waals surface area contributed by atoms with Gasteiger partial charge in [0.2, 0.25) is 5.91 Å². The first-order chi connectivity index (χ1) is 16.6. The van der Waals surface area contributed by atoms with E-state index in [4.69, 9.17) is 4.74 Å². The lowest BCUT2D eigenvalue weighted by Crippen LogP contribution is -2.55. The third kappa shape index (κ3) is 7.67. The molecule has 3 aromatic carbocycles.